The van der Waals surface area contributed by atoms with Gasteiger partial charge in [0.25, 0.3) is 0 Å². The van der Waals surface area contributed by atoms with Gasteiger partial charge in [-0.15, -0.1) is 0 Å². The van der Waals surface area contributed by atoms with Gasteiger partial charge in [0, 0.05) is 47.5 Å². The zero-order valence-corrected chi connectivity index (χ0v) is 37.1. The lowest BCUT2D eigenvalue weighted by Gasteiger charge is -2.47. The van der Waals surface area contributed by atoms with Crippen molar-refractivity contribution in [3.8, 4) is 0 Å². The first-order valence-corrected chi connectivity index (χ1v) is 22.3. The number of ether oxygens (including phenoxy) is 2. The Kier molecular flexibility index (Phi) is 20.2. The summed E-state index contributed by atoms with van der Waals surface area (Å²) in [6.45, 7) is 44.0. The van der Waals surface area contributed by atoms with Crippen molar-refractivity contribution in [2.24, 2.45) is 69.0 Å². The Labute approximate surface area is 311 Å². The van der Waals surface area contributed by atoms with Gasteiger partial charge < -0.3 is 14.4 Å². The average Bonchev–Trinajstić information content (AvgIpc) is 3.55. The van der Waals surface area contributed by atoms with Gasteiger partial charge in [0.2, 0.25) is 0 Å². The van der Waals surface area contributed by atoms with Crippen LogP contribution in [-0.4, -0.2) is 67.2 Å². The van der Waals surface area contributed by atoms with Crippen LogP contribution in [0.4, 0.5) is 0 Å². The van der Waals surface area contributed by atoms with Crippen LogP contribution in [0.25, 0.3) is 0 Å². The van der Waals surface area contributed by atoms with E-state index in [1.54, 1.807) is 0 Å². The monoisotopic (exact) mass is 712 g/mol. The second-order valence-electron chi connectivity index (χ2n) is 19.2. The lowest BCUT2D eigenvalue weighted by Crippen LogP contribution is -2.44. The van der Waals surface area contributed by atoms with Crippen molar-refractivity contribution in [3.05, 3.63) is 0 Å². The molecule has 294 valence electrons. The van der Waals surface area contributed by atoms with Crippen molar-refractivity contribution in [3.63, 3.8) is 0 Å². The number of hydrogen-bond donors (Lipinski definition) is 0. The third-order valence-electron chi connectivity index (χ3n) is 15.2. The molecule has 0 N–H and O–H groups in total. The molecule has 0 aromatic rings. The van der Waals surface area contributed by atoms with Gasteiger partial charge in [-0.05, 0) is 129 Å². The number of nitrogens with zero attached hydrogens (tertiary/aromatic N) is 1. The molecular weight excluding hydrogens is 623 g/mol. The van der Waals surface area contributed by atoms with Crippen LogP contribution >= 0.6 is 0 Å². The van der Waals surface area contributed by atoms with Crippen molar-refractivity contribution < 1.29 is 13.7 Å². The lowest BCUT2D eigenvalue weighted by atomic mass is 9.63. The highest BCUT2D eigenvalue weighted by molar-refractivity contribution is 7.85. The number of piperidine rings is 1. The molecule has 0 amide bonds. The standard InChI is InChI=1S/C12H25N.C11H22OS.C11H22O.C10H20O/c1-10(2)12(11(3)4)6-8-13(5)9-7-12;1-9(2)11(10(3)4)5-7-13(12)8-6-11;1-9(2)11(10(3)4)5-7-12-8-6-11;1-8(2)10(9(3)4)5-6-11-7-10/h10-11H,6-9H2,1-5H3;9-10H,5-8H2,1-4H3;9-10H,5-8H2,1-4H3;8-9H,5-7H2,1-4H3. The molecule has 4 rings (SSSR count). The average molecular weight is 712 g/mol. The molecular formula is C44H89NO3S. The van der Waals surface area contributed by atoms with E-state index in [1.165, 1.54) is 45.2 Å². The van der Waals surface area contributed by atoms with Crippen molar-refractivity contribution in [1.82, 2.24) is 4.90 Å². The van der Waals surface area contributed by atoms with E-state index in [2.05, 4.69) is 123 Å². The van der Waals surface area contributed by atoms with Crippen LogP contribution in [0.5, 0.6) is 0 Å². The molecule has 4 fully saturated rings. The lowest BCUT2D eigenvalue weighted by molar-refractivity contribution is -0.0381. The van der Waals surface area contributed by atoms with Crippen LogP contribution in [0.1, 0.15) is 156 Å². The summed E-state index contributed by atoms with van der Waals surface area (Å²) in [4.78, 5) is 2.46. The van der Waals surface area contributed by atoms with Crippen LogP contribution in [0.15, 0.2) is 0 Å². The maximum absolute atomic E-state index is 11.3. The van der Waals surface area contributed by atoms with Crippen molar-refractivity contribution in [2.75, 3.05) is 58.1 Å². The first-order valence-electron chi connectivity index (χ1n) is 20.9. The van der Waals surface area contributed by atoms with Crippen molar-refractivity contribution in [1.29, 1.82) is 0 Å². The topological polar surface area (TPSA) is 38.8 Å². The Bertz CT molecular complexity index is 851. The van der Waals surface area contributed by atoms with Gasteiger partial charge in [0.1, 0.15) is 0 Å². The molecule has 0 unspecified atom stereocenters. The second kappa shape index (κ2) is 21.1. The highest BCUT2D eigenvalue weighted by atomic mass is 32.2. The minimum Gasteiger partial charge on any atom is -0.381 e. The first kappa shape index (κ1) is 47.1. The van der Waals surface area contributed by atoms with E-state index in [-0.39, 0.29) is 0 Å². The Hall–Kier alpha value is 0.0300. The molecule has 0 aromatic heterocycles. The Morgan fingerprint density at radius 2 is 0.714 bits per heavy atom. The maximum Gasteiger partial charge on any atom is 0.0528 e. The molecule has 0 aromatic carbocycles. The van der Waals surface area contributed by atoms with Crippen LogP contribution in [0.3, 0.4) is 0 Å². The SMILES string of the molecule is CC(C)C1(C(C)C)CCN(C)CC1.CC(C)C1(C(C)C)CCOC1.CC(C)C1(C(C)C)CCOCC1.CC(C)C1(C(C)C)CCS(=O)CC1. The van der Waals surface area contributed by atoms with Crippen molar-refractivity contribution in [2.45, 2.75) is 156 Å². The van der Waals surface area contributed by atoms with Crippen LogP contribution < -0.4 is 0 Å². The van der Waals surface area contributed by atoms with E-state index in [0.717, 1.165) is 98.1 Å². The quantitative estimate of drug-likeness (QED) is 0.251. The number of rotatable bonds is 8. The van der Waals surface area contributed by atoms with E-state index >= 15 is 0 Å². The highest BCUT2D eigenvalue weighted by Crippen LogP contribution is 2.47. The molecule has 0 bridgehead atoms. The third-order valence-corrected chi connectivity index (χ3v) is 16.5. The predicted molar refractivity (Wildman–Crippen MR) is 218 cm³/mol. The molecule has 0 aliphatic carbocycles. The maximum atomic E-state index is 11.3. The fraction of sp³-hybridized carbons (Fsp3) is 1.00. The van der Waals surface area contributed by atoms with Crippen molar-refractivity contribution >= 4 is 10.8 Å². The van der Waals surface area contributed by atoms with Crippen LogP contribution in [-0.2, 0) is 20.3 Å². The van der Waals surface area contributed by atoms with Crippen LogP contribution in [0, 0.1) is 69.0 Å². The zero-order valence-electron chi connectivity index (χ0n) is 36.3. The van der Waals surface area contributed by atoms with E-state index < -0.39 is 10.8 Å². The molecule has 0 spiro atoms. The molecule has 4 aliphatic rings. The summed E-state index contributed by atoms with van der Waals surface area (Å²) in [5.74, 6) is 8.07. The summed E-state index contributed by atoms with van der Waals surface area (Å²) in [7, 11) is 1.72. The summed E-state index contributed by atoms with van der Waals surface area (Å²) >= 11 is 0. The highest BCUT2D eigenvalue weighted by Gasteiger charge is 2.42. The molecule has 4 saturated heterocycles. The normalized spacial score (nSPS) is 23.9. The van der Waals surface area contributed by atoms with E-state index in [0.29, 0.717) is 21.7 Å². The smallest absolute Gasteiger partial charge is 0.0528 e. The van der Waals surface area contributed by atoms with Gasteiger partial charge in [-0.2, -0.15) is 0 Å². The summed E-state index contributed by atoms with van der Waals surface area (Å²) < 4.78 is 22.2. The molecule has 4 heterocycles. The molecule has 0 atom stereocenters. The minimum atomic E-state index is -0.520. The molecule has 0 saturated carbocycles. The first-order chi connectivity index (χ1) is 22.7. The predicted octanol–water partition coefficient (Wildman–Crippen LogP) is 11.6. The largest absolute Gasteiger partial charge is 0.381 e. The van der Waals surface area contributed by atoms with Gasteiger partial charge >= 0.3 is 0 Å². The fourth-order valence-electron chi connectivity index (χ4n) is 10.3. The fourth-order valence-corrected chi connectivity index (χ4v) is 11.7. The molecule has 5 heteroatoms. The minimum absolute atomic E-state index is 0.466. The van der Waals surface area contributed by atoms with Crippen LogP contribution in [0.2, 0.25) is 0 Å². The zero-order chi connectivity index (χ0) is 37.8. The second-order valence-corrected chi connectivity index (χ2v) is 20.9. The van der Waals surface area contributed by atoms with Gasteiger partial charge in [0.05, 0.1) is 6.61 Å². The number of likely N-dealkylation sites (tertiary alicyclic amines) is 1. The summed E-state index contributed by atoms with van der Waals surface area (Å²) in [5.41, 5.74) is 2.11. The Morgan fingerprint density at radius 1 is 0.429 bits per heavy atom. The van der Waals surface area contributed by atoms with E-state index in [4.69, 9.17) is 9.47 Å². The van der Waals surface area contributed by atoms with Gasteiger partial charge in [-0.25, -0.2) is 0 Å². The molecule has 49 heavy (non-hydrogen) atoms. The molecule has 0 radical (unpaired) electrons. The Balaban J connectivity index is 0.000000327. The Morgan fingerprint density at radius 3 is 0.980 bits per heavy atom. The van der Waals surface area contributed by atoms with E-state index in [9.17, 15) is 4.21 Å². The summed E-state index contributed by atoms with van der Waals surface area (Å²) in [5, 5.41) is 0. The van der Waals surface area contributed by atoms with Gasteiger partial charge in [-0.3, -0.25) is 4.21 Å². The molecule has 4 aliphatic heterocycles. The summed E-state index contributed by atoms with van der Waals surface area (Å²) in [6, 6.07) is 0. The molecule has 4 nitrogen and oxygen atoms in total. The number of hydrogen-bond acceptors (Lipinski definition) is 4. The van der Waals surface area contributed by atoms with Gasteiger partial charge in [0.15, 0.2) is 0 Å². The summed E-state index contributed by atoms with van der Waals surface area (Å²) in [6.07, 6.45) is 8.86. The van der Waals surface area contributed by atoms with Gasteiger partial charge in [-0.1, -0.05) is 111 Å². The third kappa shape index (κ3) is 12.3. The van der Waals surface area contributed by atoms with E-state index in [1.807, 2.05) is 0 Å².